The van der Waals surface area contributed by atoms with Crippen LogP contribution in [0.3, 0.4) is 0 Å². The summed E-state index contributed by atoms with van der Waals surface area (Å²) in [6, 6.07) is 25.3. The summed E-state index contributed by atoms with van der Waals surface area (Å²) < 4.78 is 34.1. The number of ether oxygens (including phenoxy) is 1. The number of carbonyl (C=O) groups is 2. The van der Waals surface area contributed by atoms with Gasteiger partial charge in [0.25, 0.3) is 0 Å². The van der Waals surface area contributed by atoms with Gasteiger partial charge in [-0.05, 0) is 30.0 Å². The van der Waals surface area contributed by atoms with Crippen LogP contribution in [0.4, 0.5) is 4.79 Å². The molecular weight excluding hydrogens is 524 g/mol. The molecule has 0 bridgehead atoms. The molecule has 1 fully saturated rings. The summed E-state index contributed by atoms with van der Waals surface area (Å²) in [4.78, 5) is 27.4. The summed E-state index contributed by atoms with van der Waals surface area (Å²) in [5.74, 6) is -0.362. The molecule has 0 aliphatic carbocycles. The fourth-order valence-corrected chi connectivity index (χ4v) is 6.85. The second-order valence-electron chi connectivity index (χ2n) is 9.26. The van der Waals surface area contributed by atoms with Gasteiger partial charge in [-0.3, -0.25) is 4.79 Å². The maximum atomic E-state index is 13.7. The Morgan fingerprint density at radius 1 is 0.895 bits per heavy atom. The second kappa shape index (κ2) is 11.0. The molecule has 1 amide bonds. The zero-order valence-corrected chi connectivity index (χ0v) is 22.1. The molecule has 1 saturated heterocycles. The number of para-hydroxylation sites is 1. The average Bonchev–Trinajstić information content (AvgIpc) is 3.37. The van der Waals surface area contributed by atoms with Crippen LogP contribution >= 0.6 is 11.6 Å². The number of rotatable bonds is 7. The third kappa shape index (κ3) is 5.19. The van der Waals surface area contributed by atoms with E-state index in [4.69, 9.17) is 16.3 Å². The minimum absolute atomic E-state index is 0.161. The van der Waals surface area contributed by atoms with Gasteiger partial charge in [-0.1, -0.05) is 78.9 Å². The Labute approximate surface area is 226 Å². The van der Waals surface area contributed by atoms with Crippen LogP contribution in [0.5, 0.6) is 0 Å². The van der Waals surface area contributed by atoms with Gasteiger partial charge in [0.1, 0.15) is 12.0 Å². The SMILES string of the molecule is O=C(c1cn(S(=O)(=O)C2CCN(C(=O)OCc3ccccc3)CC2)c2ccccc12)C(Cl)c1ccccc1. The van der Waals surface area contributed by atoms with Crippen molar-refractivity contribution in [3.8, 4) is 0 Å². The molecule has 5 rings (SSSR count). The summed E-state index contributed by atoms with van der Waals surface area (Å²) in [6.07, 6.45) is 1.46. The Balaban J connectivity index is 1.33. The van der Waals surface area contributed by atoms with E-state index >= 15 is 0 Å². The Morgan fingerprint density at radius 3 is 2.18 bits per heavy atom. The molecule has 196 valence electrons. The molecule has 38 heavy (non-hydrogen) atoms. The smallest absolute Gasteiger partial charge is 0.410 e. The maximum Gasteiger partial charge on any atom is 0.410 e. The molecule has 1 aromatic heterocycles. The number of aromatic nitrogens is 1. The molecule has 1 aliphatic rings. The van der Waals surface area contributed by atoms with Crippen molar-refractivity contribution in [3.05, 3.63) is 108 Å². The lowest BCUT2D eigenvalue weighted by Crippen LogP contribution is -2.43. The number of halogens is 1. The number of carbonyl (C=O) groups excluding carboxylic acids is 2. The van der Waals surface area contributed by atoms with Gasteiger partial charge in [-0.15, -0.1) is 11.6 Å². The molecule has 2 heterocycles. The average molecular weight is 551 g/mol. The summed E-state index contributed by atoms with van der Waals surface area (Å²) in [5.41, 5.74) is 2.22. The monoisotopic (exact) mass is 550 g/mol. The van der Waals surface area contributed by atoms with Crippen molar-refractivity contribution in [2.75, 3.05) is 13.1 Å². The van der Waals surface area contributed by atoms with Gasteiger partial charge in [0, 0.05) is 30.2 Å². The molecule has 4 aromatic rings. The minimum atomic E-state index is -3.85. The Kier molecular flexibility index (Phi) is 7.53. The van der Waals surface area contributed by atoms with E-state index in [2.05, 4.69) is 0 Å². The first-order valence-electron chi connectivity index (χ1n) is 12.4. The number of nitrogens with zero attached hydrogens (tertiary/aromatic N) is 2. The number of hydrogen-bond donors (Lipinski definition) is 0. The molecule has 0 radical (unpaired) electrons. The zero-order chi connectivity index (χ0) is 26.7. The number of Topliss-reactive ketones (excluding diaryl/α,β-unsaturated/α-hetero) is 1. The molecule has 1 atom stereocenters. The third-order valence-corrected chi connectivity index (χ3v) is 9.48. The fraction of sp³-hybridized carbons (Fsp3) is 0.241. The molecule has 1 aliphatic heterocycles. The van der Waals surface area contributed by atoms with Crippen LogP contribution < -0.4 is 0 Å². The number of hydrogen-bond acceptors (Lipinski definition) is 5. The third-order valence-electron chi connectivity index (χ3n) is 6.87. The van der Waals surface area contributed by atoms with Crippen molar-refractivity contribution in [2.24, 2.45) is 0 Å². The van der Waals surface area contributed by atoms with Crippen LogP contribution in [0.1, 0.15) is 39.7 Å². The highest BCUT2D eigenvalue weighted by molar-refractivity contribution is 7.90. The van der Waals surface area contributed by atoms with Crippen molar-refractivity contribution in [2.45, 2.75) is 30.1 Å². The lowest BCUT2D eigenvalue weighted by atomic mass is 10.0. The van der Waals surface area contributed by atoms with Crippen LogP contribution in [0.15, 0.2) is 91.1 Å². The highest BCUT2D eigenvalue weighted by Gasteiger charge is 2.35. The van der Waals surface area contributed by atoms with Crippen LogP contribution in [0, 0.1) is 0 Å². The van der Waals surface area contributed by atoms with Crippen LogP contribution in [-0.2, 0) is 21.4 Å². The van der Waals surface area contributed by atoms with Gasteiger partial charge in [0.2, 0.25) is 10.0 Å². The Hall–Kier alpha value is -3.62. The standard InChI is InChI=1S/C29H27ClN2O5S/c30-27(22-11-5-2-6-12-22)28(33)25-19-32(26-14-8-7-13-24(25)26)38(35,36)23-15-17-31(18-16-23)29(34)37-20-21-9-3-1-4-10-21/h1-14,19,23,27H,15-18,20H2. The predicted octanol–water partition coefficient (Wildman–Crippen LogP) is 5.78. The second-order valence-corrected chi connectivity index (χ2v) is 11.8. The zero-order valence-electron chi connectivity index (χ0n) is 20.6. The molecule has 9 heteroatoms. The molecule has 1 unspecified atom stereocenters. The normalized spacial score (nSPS) is 15.3. The fourth-order valence-electron chi connectivity index (χ4n) is 4.77. The number of benzene rings is 3. The number of alkyl halides is 1. The number of ketones is 1. The largest absolute Gasteiger partial charge is 0.445 e. The summed E-state index contributed by atoms with van der Waals surface area (Å²) in [7, 11) is -3.85. The lowest BCUT2D eigenvalue weighted by molar-refractivity contribution is 0.0896. The van der Waals surface area contributed by atoms with Gasteiger partial charge in [0.05, 0.1) is 10.8 Å². The van der Waals surface area contributed by atoms with Crippen LogP contribution in [0.25, 0.3) is 10.9 Å². The van der Waals surface area contributed by atoms with E-state index in [9.17, 15) is 18.0 Å². The first-order chi connectivity index (χ1) is 18.4. The van der Waals surface area contributed by atoms with Crippen LogP contribution in [-0.4, -0.2) is 47.5 Å². The summed E-state index contributed by atoms with van der Waals surface area (Å²) >= 11 is 6.52. The summed E-state index contributed by atoms with van der Waals surface area (Å²) in [6.45, 7) is 0.690. The minimum Gasteiger partial charge on any atom is -0.445 e. The van der Waals surface area contributed by atoms with Crippen molar-refractivity contribution in [3.63, 3.8) is 0 Å². The van der Waals surface area contributed by atoms with E-state index in [1.54, 1.807) is 48.5 Å². The molecule has 0 saturated carbocycles. The highest BCUT2D eigenvalue weighted by Crippen LogP contribution is 2.32. The van der Waals surface area contributed by atoms with E-state index in [0.717, 1.165) is 5.56 Å². The van der Waals surface area contributed by atoms with E-state index in [-0.39, 0.29) is 43.9 Å². The first-order valence-corrected chi connectivity index (χ1v) is 14.3. The van der Waals surface area contributed by atoms with E-state index in [1.165, 1.54) is 15.1 Å². The van der Waals surface area contributed by atoms with E-state index < -0.39 is 26.7 Å². The van der Waals surface area contributed by atoms with Gasteiger partial charge in [-0.25, -0.2) is 17.2 Å². The molecule has 0 spiro atoms. The van der Waals surface area contributed by atoms with E-state index in [0.29, 0.717) is 16.5 Å². The van der Waals surface area contributed by atoms with Gasteiger partial charge >= 0.3 is 6.09 Å². The number of likely N-dealkylation sites (tertiary alicyclic amines) is 1. The molecular formula is C29H27ClN2O5S. The first kappa shape index (κ1) is 26.0. The van der Waals surface area contributed by atoms with Crippen LogP contribution in [0.2, 0.25) is 0 Å². The lowest BCUT2D eigenvalue weighted by Gasteiger charge is -2.31. The van der Waals surface area contributed by atoms with Crippen molar-refractivity contribution < 1.29 is 22.7 Å². The molecule has 7 nitrogen and oxygen atoms in total. The Morgan fingerprint density at radius 2 is 1.50 bits per heavy atom. The maximum absolute atomic E-state index is 13.7. The van der Waals surface area contributed by atoms with E-state index in [1.807, 2.05) is 36.4 Å². The number of fused-ring (bicyclic) bond motifs is 1. The van der Waals surface area contributed by atoms with Crippen molar-refractivity contribution >= 4 is 44.4 Å². The number of amides is 1. The highest BCUT2D eigenvalue weighted by atomic mass is 35.5. The van der Waals surface area contributed by atoms with Gasteiger partial charge < -0.3 is 9.64 Å². The van der Waals surface area contributed by atoms with Gasteiger partial charge in [0.15, 0.2) is 5.78 Å². The van der Waals surface area contributed by atoms with Crippen molar-refractivity contribution in [1.29, 1.82) is 0 Å². The topological polar surface area (TPSA) is 85.7 Å². The van der Waals surface area contributed by atoms with Gasteiger partial charge in [-0.2, -0.15) is 0 Å². The number of piperidine rings is 1. The molecule has 3 aromatic carbocycles. The molecule has 0 N–H and O–H groups in total. The van der Waals surface area contributed by atoms with Crippen molar-refractivity contribution in [1.82, 2.24) is 8.87 Å². The summed E-state index contributed by atoms with van der Waals surface area (Å²) in [5, 5.41) is -1.12. The quantitative estimate of drug-likeness (QED) is 0.215. The Bertz CT molecular complexity index is 1550. The predicted molar refractivity (Wildman–Crippen MR) is 147 cm³/mol.